The number of hydrogen-bond acceptors (Lipinski definition) is 5. The molecule has 0 bridgehead atoms. The van der Waals surface area contributed by atoms with Gasteiger partial charge in [-0.1, -0.05) is 6.07 Å². The van der Waals surface area contributed by atoms with Gasteiger partial charge in [0.25, 0.3) is 0 Å². The fourth-order valence-corrected chi connectivity index (χ4v) is 2.22. The standard InChI is InChI=1S/C17H21NO5/c1-20-13-7-6-12(9-15(13)21-2)10-17(19)18-11-16(22-3)14-5-4-8-23-14/h4-9,16H,10-11H2,1-3H3,(H,18,19)/t16-/m0/s1. The van der Waals surface area contributed by atoms with Crippen molar-refractivity contribution in [1.29, 1.82) is 0 Å². The predicted octanol–water partition coefficient (Wildman–Crippen LogP) is 2.34. The number of ether oxygens (including phenoxy) is 3. The molecule has 23 heavy (non-hydrogen) atoms. The molecule has 1 amide bonds. The van der Waals surface area contributed by atoms with E-state index in [-0.39, 0.29) is 18.4 Å². The SMILES string of the molecule is COc1ccc(CC(=O)NC[C@H](OC)c2ccco2)cc1OC. The van der Waals surface area contributed by atoms with E-state index in [0.717, 1.165) is 5.56 Å². The van der Waals surface area contributed by atoms with E-state index in [1.54, 1.807) is 45.8 Å². The van der Waals surface area contributed by atoms with Crippen molar-refractivity contribution in [2.45, 2.75) is 12.5 Å². The molecular weight excluding hydrogens is 298 g/mol. The van der Waals surface area contributed by atoms with E-state index in [2.05, 4.69) is 5.32 Å². The first kappa shape index (κ1) is 16.9. The maximum Gasteiger partial charge on any atom is 0.224 e. The molecule has 0 aliphatic heterocycles. The summed E-state index contributed by atoms with van der Waals surface area (Å²) in [6.45, 7) is 0.343. The van der Waals surface area contributed by atoms with Crippen molar-refractivity contribution in [3.05, 3.63) is 47.9 Å². The summed E-state index contributed by atoms with van der Waals surface area (Å²) in [7, 11) is 4.71. The smallest absolute Gasteiger partial charge is 0.224 e. The molecule has 0 fully saturated rings. The summed E-state index contributed by atoms with van der Waals surface area (Å²) in [6.07, 6.45) is 1.52. The third-order valence-electron chi connectivity index (χ3n) is 3.44. The van der Waals surface area contributed by atoms with Gasteiger partial charge in [0.15, 0.2) is 11.5 Å². The van der Waals surface area contributed by atoms with E-state index in [0.29, 0.717) is 23.8 Å². The van der Waals surface area contributed by atoms with Crippen LogP contribution in [0.5, 0.6) is 11.5 Å². The van der Waals surface area contributed by atoms with Crippen LogP contribution in [-0.4, -0.2) is 33.8 Å². The third-order valence-corrected chi connectivity index (χ3v) is 3.44. The summed E-state index contributed by atoms with van der Waals surface area (Å²) < 4.78 is 21.0. The van der Waals surface area contributed by atoms with Gasteiger partial charge in [-0.05, 0) is 29.8 Å². The van der Waals surface area contributed by atoms with Crippen molar-refractivity contribution >= 4 is 5.91 Å². The van der Waals surface area contributed by atoms with Gasteiger partial charge >= 0.3 is 0 Å². The average molecular weight is 319 g/mol. The summed E-state index contributed by atoms with van der Waals surface area (Å²) in [4.78, 5) is 12.1. The number of carbonyl (C=O) groups excluding carboxylic acids is 1. The Morgan fingerprint density at radius 3 is 2.57 bits per heavy atom. The molecule has 1 N–H and O–H groups in total. The van der Waals surface area contributed by atoms with Crippen molar-refractivity contribution in [2.75, 3.05) is 27.9 Å². The van der Waals surface area contributed by atoms with Crippen molar-refractivity contribution in [2.24, 2.45) is 0 Å². The number of benzene rings is 1. The van der Waals surface area contributed by atoms with Crippen LogP contribution in [0, 0.1) is 0 Å². The van der Waals surface area contributed by atoms with Crippen molar-refractivity contribution in [1.82, 2.24) is 5.32 Å². The zero-order valence-electron chi connectivity index (χ0n) is 13.5. The Kier molecular flexibility index (Phi) is 6.05. The minimum atomic E-state index is -0.306. The van der Waals surface area contributed by atoms with Gasteiger partial charge in [0.2, 0.25) is 5.91 Å². The molecule has 1 atom stereocenters. The normalized spacial score (nSPS) is 11.8. The van der Waals surface area contributed by atoms with Gasteiger partial charge < -0.3 is 23.9 Å². The number of rotatable bonds is 8. The Balaban J connectivity index is 1.92. The molecule has 124 valence electrons. The van der Waals surface area contributed by atoms with Gasteiger partial charge in [-0.3, -0.25) is 4.79 Å². The van der Waals surface area contributed by atoms with Gasteiger partial charge in [-0.15, -0.1) is 0 Å². The topological polar surface area (TPSA) is 69.9 Å². The maximum absolute atomic E-state index is 12.1. The number of hydrogen-bond donors (Lipinski definition) is 1. The Labute approximate surface area is 135 Å². The van der Waals surface area contributed by atoms with Crippen LogP contribution in [0.4, 0.5) is 0 Å². The molecule has 1 heterocycles. The molecule has 0 aliphatic carbocycles. The Morgan fingerprint density at radius 2 is 1.96 bits per heavy atom. The lowest BCUT2D eigenvalue weighted by Crippen LogP contribution is -2.30. The van der Waals surface area contributed by atoms with Crippen LogP contribution in [-0.2, 0) is 16.0 Å². The highest BCUT2D eigenvalue weighted by Gasteiger charge is 2.15. The first-order chi connectivity index (χ1) is 11.2. The zero-order valence-corrected chi connectivity index (χ0v) is 13.5. The van der Waals surface area contributed by atoms with Crippen molar-refractivity contribution in [3.63, 3.8) is 0 Å². The lowest BCUT2D eigenvalue weighted by atomic mass is 10.1. The second-order valence-corrected chi connectivity index (χ2v) is 4.91. The summed E-state index contributed by atoms with van der Waals surface area (Å²) in [5, 5.41) is 2.84. The van der Waals surface area contributed by atoms with Gasteiger partial charge in [0, 0.05) is 7.11 Å². The first-order valence-electron chi connectivity index (χ1n) is 7.21. The average Bonchev–Trinajstić information content (AvgIpc) is 3.09. The van der Waals surface area contributed by atoms with Crippen molar-refractivity contribution in [3.8, 4) is 11.5 Å². The van der Waals surface area contributed by atoms with Gasteiger partial charge in [-0.2, -0.15) is 0 Å². The molecule has 0 saturated heterocycles. The quantitative estimate of drug-likeness (QED) is 0.809. The molecule has 2 aromatic rings. The van der Waals surface area contributed by atoms with Crippen LogP contribution < -0.4 is 14.8 Å². The molecule has 2 rings (SSSR count). The van der Waals surface area contributed by atoms with Crippen LogP contribution in [0.25, 0.3) is 0 Å². The lowest BCUT2D eigenvalue weighted by Gasteiger charge is -2.14. The molecule has 6 nitrogen and oxygen atoms in total. The summed E-state index contributed by atoms with van der Waals surface area (Å²) in [5.41, 5.74) is 0.840. The Bertz CT molecular complexity index is 624. The number of amides is 1. The Morgan fingerprint density at radius 1 is 1.17 bits per heavy atom. The molecule has 0 unspecified atom stereocenters. The van der Waals surface area contributed by atoms with E-state index in [1.807, 2.05) is 12.1 Å². The highest BCUT2D eigenvalue weighted by atomic mass is 16.5. The van der Waals surface area contributed by atoms with E-state index < -0.39 is 0 Å². The first-order valence-corrected chi connectivity index (χ1v) is 7.21. The molecule has 1 aromatic carbocycles. The monoisotopic (exact) mass is 319 g/mol. The van der Waals surface area contributed by atoms with Crippen LogP contribution in [0.2, 0.25) is 0 Å². The fraction of sp³-hybridized carbons (Fsp3) is 0.353. The van der Waals surface area contributed by atoms with Gasteiger partial charge in [0.1, 0.15) is 11.9 Å². The highest BCUT2D eigenvalue weighted by Crippen LogP contribution is 2.27. The molecule has 0 aliphatic rings. The van der Waals surface area contributed by atoms with Gasteiger partial charge in [-0.25, -0.2) is 0 Å². The number of carbonyl (C=O) groups is 1. The summed E-state index contributed by atoms with van der Waals surface area (Å²) >= 11 is 0. The lowest BCUT2D eigenvalue weighted by molar-refractivity contribution is -0.121. The number of furan rings is 1. The largest absolute Gasteiger partial charge is 0.493 e. The molecule has 6 heteroatoms. The van der Waals surface area contributed by atoms with E-state index in [4.69, 9.17) is 18.6 Å². The van der Waals surface area contributed by atoms with Crippen LogP contribution in [0.15, 0.2) is 41.0 Å². The third kappa shape index (κ3) is 4.50. The van der Waals surface area contributed by atoms with E-state index in [9.17, 15) is 4.79 Å². The van der Waals surface area contributed by atoms with E-state index >= 15 is 0 Å². The van der Waals surface area contributed by atoms with Crippen molar-refractivity contribution < 1.29 is 23.4 Å². The highest BCUT2D eigenvalue weighted by molar-refractivity contribution is 5.78. The van der Waals surface area contributed by atoms with Gasteiger partial charge in [0.05, 0.1) is 33.4 Å². The second kappa shape index (κ2) is 8.24. The molecule has 0 radical (unpaired) electrons. The molecule has 0 saturated carbocycles. The van der Waals surface area contributed by atoms with Crippen LogP contribution in [0.1, 0.15) is 17.4 Å². The molecule has 0 spiro atoms. The number of methoxy groups -OCH3 is 3. The second-order valence-electron chi connectivity index (χ2n) is 4.91. The zero-order chi connectivity index (χ0) is 16.7. The molecule has 1 aromatic heterocycles. The maximum atomic E-state index is 12.1. The minimum absolute atomic E-state index is 0.106. The Hall–Kier alpha value is -2.47. The fourth-order valence-electron chi connectivity index (χ4n) is 2.22. The molecular formula is C17H21NO5. The summed E-state index contributed by atoms with van der Waals surface area (Å²) in [6, 6.07) is 9.00. The number of nitrogens with one attached hydrogen (secondary N) is 1. The summed E-state index contributed by atoms with van der Waals surface area (Å²) in [5.74, 6) is 1.81. The minimum Gasteiger partial charge on any atom is -0.493 e. The predicted molar refractivity (Wildman–Crippen MR) is 84.7 cm³/mol. The van der Waals surface area contributed by atoms with Crippen LogP contribution in [0.3, 0.4) is 0 Å². The van der Waals surface area contributed by atoms with E-state index in [1.165, 1.54) is 0 Å². The van der Waals surface area contributed by atoms with Crippen LogP contribution >= 0.6 is 0 Å².